The van der Waals surface area contributed by atoms with Crippen molar-refractivity contribution in [2.24, 2.45) is 5.73 Å². The molecule has 0 bridgehead atoms. The van der Waals surface area contributed by atoms with Crippen molar-refractivity contribution in [1.82, 2.24) is 20.9 Å². The van der Waals surface area contributed by atoms with E-state index in [2.05, 4.69) is 33.6 Å². The van der Waals surface area contributed by atoms with Crippen molar-refractivity contribution in [1.29, 1.82) is 0 Å². The van der Waals surface area contributed by atoms with Gasteiger partial charge in [0.1, 0.15) is 18.1 Å². The van der Waals surface area contributed by atoms with Crippen LogP contribution in [0.25, 0.3) is 10.9 Å². The van der Waals surface area contributed by atoms with E-state index < -0.39 is 54.2 Å². The molecule has 0 saturated heterocycles. The van der Waals surface area contributed by atoms with Crippen LogP contribution >= 0.6 is 12.6 Å². The van der Waals surface area contributed by atoms with E-state index in [1.54, 1.807) is 18.3 Å². The summed E-state index contributed by atoms with van der Waals surface area (Å²) in [5.74, 6) is -5.38. The van der Waals surface area contributed by atoms with Crippen molar-refractivity contribution in [3.8, 4) is 0 Å². The number of aliphatic carboxylic acids is 2. The van der Waals surface area contributed by atoms with Gasteiger partial charge in [0, 0.05) is 29.3 Å². The molecule has 0 fully saturated rings. The Morgan fingerprint density at radius 2 is 1.61 bits per heavy atom. The lowest BCUT2D eigenvalue weighted by molar-refractivity contribution is -0.143. The summed E-state index contributed by atoms with van der Waals surface area (Å²) in [5.41, 5.74) is 6.62. The SMILES string of the molecule is NCC(=O)NC(CS)C(=O)NC(CC(=O)O)C(=O)NC(Cc1c[nH]c2ccccc12)C(=O)O. The number of rotatable bonds is 12. The predicted molar refractivity (Wildman–Crippen MR) is 121 cm³/mol. The van der Waals surface area contributed by atoms with Crippen LogP contribution < -0.4 is 21.7 Å². The van der Waals surface area contributed by atoms with Crippen LogP contribution in [0, 0.1) is 0 Å². The third-order valence-electron chi connectivity index (χ3n) is 4.74. The number of benzene rings is 1. The lowest BCUT2D eigenvalue weighted by atomic mass is 10.0. The number of para-hydroxylation sites is 1. The average molecular weight is 480 g/mol. The average Bonchev–Trinajstić information content (AvgIpc) is 3.18. The third kappa shape index (κ3) is 7.22. The van der Waals surface area contributed by atoms with E-state index in [9.17, 15) is 29.1 Å². The highest BCUT2D eigenvalue weighted by molar-refractivity contribution is 7.80. The van der Waals surface area contributed by atoms with Gasteiger partial charge in [-0.2, -0.15) is 12.6 Å². The van der Waals surface area contributed by atoms with E-state index >= 15 is 0 Å². The van der Waals surface area contributed by atoms with E-state index in [0.29, 0.717) is 5.56 Å². The number of amides is 3. The van der Waals surface area contributed by atoms with Crippen molar-refractivity contribution in [3.05, 3.63) is 36.0 Å². The van der Waals surface area contributed by atoms with E-state index in [1.165, 1.54) is 0 Å². The highest BCUT2D eigenvalue weighted by Gasteiger charge is 2.31. The van der Waals surface area contributed by atoms with Gasteiger partial charge in [0.25, 0.3) is 0 Å². The first-order valence-electron chi connectivity index (χ1n) is 9.86. The van der Waals surface area contributed by atoms with Crippen LogP contribution in [-0.2, 0) is 30.4 Å². The first kappa shape index (κ1) is 25.7. The Morgan fingerprint density at radius 3 is 2.21 bits per heavy atom. The number of aromatic nitrogens is 1. The standard InChI is InChI=1S/C20H25N5O7S/c21-7-16(26)23-15(9-33)19(30)24-13(6-17(27)28)18(29)25-14(20(31)32)5-10-8-22-12-4-2-1-3-11(10)12/h1-4,8,13-15,22,33H,5-7,9,21H2,(H,23,26)(H,24,30)(H,25,29)(H,27,28)(H,31,32). The molecule has 13 heteroatoms. The number of carbonyl (C=O) groups excluding carboxylic acids is 3. The zero-order chi connectivity index (χ0) is 24.5. The van der Waals surface area contributed by atoms with Crippen molar-refractivity contribution in [2.45, 2.75) is 31.0 Å². The molecule has 0 aliphatic rings. The van der Waals surface area contributed by atoms with Crippen LogP contribution in [0.4, 0.5) is 0 Å². The Morgan fingerprint density at radius 1 is 0.970 bits per heavy atom. The number of nitrogens with two attached hydrogens (primary N) is 1. The Kier molecular flexibility index (Phi) is 9.24. The molecule has 8 N–H and O–H groups in total. The van der Waals surface area contributed by atoms with Gasteiger partial charge in [0.15, 0.2) is 0 Å². The summed E-state index contributed by atoms with van der Waals surface area (Å²) in [7, 11) is 0. The highest BCUT2D eigenvalue weighted by atomic mass is 32.1. The summed E-state index contributed by atoms with van der Waals surface area (Å²) < 4.78 is 0. The van der Waals surface area contributed by atoms with Gasteiger partial charge < -0.3 is 36.9 Å². The monoisotopic (exact) mass is 479 g/mol. The second-order valence-corrected chi connectivity index (χ2v) is 7.49. The number of aromatic amines is 1. The Hall–Kier alpha value is -3.58. The van der Waals surface area contributed by atoms with Crippen LogP contribution in [-0.4, -0.2) is 75.3 Å². The number of hydrogen-bond acceptors (Lipinski definition) is 7. The van der Waals surface area contributed by atoms with Crippen molar-refractivity contribution < 1.29 is 34.2 Å². The minimum Gasteiger partial charge on any atom is -0.481 e. The second-order valence-electron chi connectivity index (χ2n) is 7.13. The zero-order valence-corrected chi connectivity index (χ0v) is 18.3. The maximum Gasteiger partial charge on any atom is 0.326 e. The molecule has 0 spiro atoms. The molecule has 178 valence electrons. The number of fused-ring (bicyclic) bond motifs is 1. The summed E-state index contributed by atoms with van der Waals surface area (Å²) in [6.07, 6.45) is 0.743. The highest BCUT2D eigenvalue weighted by Crippen LogP contribution is 2.19. The summed E-state index contributed by atoms with van der Waals surface area (Å²) in [5, 5.41) is 26.3. The molecule has 0 aliphatic heterocycles. The van der Waals surface area contributed by atoms with Crippen LogP contribution in [0.2, 0.25) is 0 Å². The van der Waals surface area contributed by atoms with E-state index in [0.717, 1.165) is 10.9 Å². The molecule has 1 aromatic heterocycles. The van der Waals surface area contributed by atoms with Gasteiger partial charge in [-0.3, -0.25) is 19.2 Å². The molecule has 2 rings (SSSR count). The molecule has 2 aromatic rings. The maximum absolute atomic E-state index is 12.7. The first-order chi connectivity index (χ1) is 15.7. The van der Waals surface area contributed by atoms with Crippen molar-refractivity contribution in [2.75, 3.05) is 12.3 Å². The maximum atomic E-state index is 12.7. The fraction of sp³-hybridized carbons (Fsp3) is 0.350. The number of H-pyrrole nitrogens is 1. The molecule has 3 unspecified atom stereocenters. The van der Waals surface area contributed by atoms with Gasteiger partial charge in [0.05, 0.1) is 13.0 Å². The van der Waals surface area contributed by atoms with Gasteiger partial charge >= 0.3 is 11.9 Å². The fourth-order valence-corrected chi connectivity index (χ4v) is 3.35. The van der Waals surface area contributed by atoms with Crippen molar-refractivity contribution >= 4 is 53.2 Å². The summed E-state index contributed by atoms with van der Waals surface area (Å²) in [4.78, 5) is 62.6. The fourth-order valence-electron chi connectivity index (χ4n) is 3.10. The Bertz CT molecular complexity index is 1040. The number of hydrogen-bond donors (Lipinski definition) is 8. The smallest absolute Gasteiger partial charge is 0.326 e. The van der Waals surface area contributed by atoms with Crippen molar-refractivity contribution in [3.63, 3.8) is 0 Å². The molecule has 1 aromatic carbocycles. The predicted octanol–water partition coefficient (Wildman–Crippen LogP) is -1.39. The van der Waals surface area contributed by atoms with Gasteiger partial charge in [-0.05, 0) is 11.6 Å². The molecule has 0 aliphatic carbocycles. The third-order valence-corrected chi connectivity index (χ3v) is 5.11. The minimum atomic E-state index is -1.59. The van der Waals surface area contributed by atoms with Crippen LogP contribution in [0.1, 0.15) is 12.0 Å². The first-order valence-corrected chi connectivity index (χ1v) is 10.5. The number of carboxylic acid groups (broad SMARTS) is 2. The number of carbonyl (C=O) groups is 5. The summed E-state index contributed by atoms with van der Waals surface area (Å²) in [6, 6.07) is 3.06. The van der Waals surface area contributed by atoms with Gasteiger partial charge in [-0.15, -0.1) is 0 Å². The largest absolute Gasteiger partial charge is 0.481 e. The molecule has 12 nitrogen and oxygen atoms in total. The number of thiol groups is 1. The summed E-state index contributed by atoms with van der Waals surface area (Å²) in [6.45, 7) is -0.384. The van der Waals surface area contributed by atoms with Crippen LogP contribution in [0.5, 0.6) is 0 Å². The molecular formula is C20H25N5O7S. The second kappa shape index (κ2) is 11.9. The lowest BCUT2D eigenvalue weighted by Gasteiger charge is -2.23. The zero-order valence-electron chi connectivity index (χ0n) is 17.4. The molecule has 0 radical (unpaired) electrons. The number of nitrogens with one attached hydrogen (secondary N) is 4. The Balaban J connectivity index is 2.15. The summed E-state index contributed by atoms with van der Waals surface area (Å²) >= 11 is 3.96. The molecular weight excluding hydrogens is 454 g/mol. The van der Waals surface area contributed by atoms with E-state index in [1.807, 2.05) is 12.1 Å². The van der Waals surface area contributed by atoms with Crippen LogP contribution in [0.3, 0.4) is 0 Å². The molecule has 3 amide bonds. The van der Waals surface area contributed by atoms with Gasteiger partial charge in [-0.1, -0.05) is 18.2 Å². The normalized spacial score (nSPS) is 13.5. The molecule has 3 atom stereocenters. The van der Waals surface area contributed by atoms with E-state index in [-0.39, 0.29) is 18.7 Å². The lowest BCUT2D eigenvalue weighted by Crippen LogP contribution is -2.57. The number of carboxylic acids is 2. The molecule has 1 heterocycles. The van der Waals surface area contributed by atoms with Crippen LogP contribution in [0.15, 0.2) is 30.5 Å². The quantitative estimate of drug-likeness (QED) is 0.170. The van der Waals surface area contributed by atoms with E-state index in [4.69, 9.17) is 10.8 Å². The Labute approximate surface area is 193 Å². The van der Waals surface area contributed by atoms with Gasteiger partial charge in [0.2, 0.25) is 17.7 Å². The minimum absolute atomic E-state index is 0.0787. The topological polar surface area (TPSA) is 204 Å². The van der Waals surface area contributed by atoms with Gasteiger partial charge in [-0.25, -0.2) is 4.79 Å². The molecule has 0 saturated carbocycles. The molecule has 33 heavy (non-hydrogen) atoms.